The van der Waals surface area contributed by atoms with Gasteiger partial charge in [0.25, 0.3) is 0 Å². The van der Waals surface area contributed by atoms with Gasteiger partial charge in [-0.15, -0.1) is 0 Å². The molecule has 34 heavy (non-hydrogen) atoms. The van der Waals surface area contributed by atoms with Gasteiger partial charge in [-0.1, -0.05) is 18.2 Å². The second kappa shape index (κ2) is 10.3. The number of hydrogen-bond donors (Lipinski definition) is 2. The number of carbonyl (C=O) groups excluding carboxylic acids is 2. The third-order valence-electron chi connectivity index (χ3n) is 6.09. The SMILES string of the molecule is Cc1ccc(C(=O)c2cccc(N)c2NC(=O)OCC2CCN(c3ccncc3)CC2)cc1F. The van der Waals surface area contributed by atoms with E-state index in [0.29, 0.717) is 5.56 Å². The van der Waals surface area contributed by atoms with E-state index >= 15 is 0 Å². The number of benzene rings is 2. The Bertz CT molecular complexity index is 1180. The summed E-state index contributed by atoms with van der Waals surface area (Å²) in [5.74, 6) is -0.669. The number of ketones is 1. The smallest absolute Gasteiger partial charge is 0.411 e. The first-order chi connectivity index (χ1) is 16.4. The average molecular weight is 463 g/mol. The van der Waals surface area contributed by atoms with Crippen LogP contribution in [0.25, 0.3) is 0 Å². The summed E-state index contributed by atoms with van der Waals surface area (Å²) >= 11 is 0. The Balaban J connectivity index is 1.36. The predicted octanol–water partition coefficient (Wildman–Crippen LogP) is 4.81. The molecule has 3 aromatic rings. The first kappa shape index (κ1) is 23.2. The lowest BCUT2D eigenvalue weighted by atomic mass is 9.97. The molecule has 0 bridgehead atoms. The van der Waals surface area contributed by atoms with Gasteiger partial charge in [0.1, 0.15) is 5.82 Å². The van der Waals surface area contributed by atoms with Crippen LogP contribution in [0, 0.1) is 18.7 Å². The van der Waals surface area contributed by atoms with E-state index in [9.17, 15) is 14.0 Å². The number of aryl methyl sites for hydroxylation is 1. The maximum Gasteiger partial charge on any atom is 0.411 e. The standard InChI is InChI=1S/C26H27FN4O3/c1-17-5-6-19(15-22(17)27)25(32)21-3-2-4-23(28)24(21)30-26(33)34-16-18-9-13-31(14-10-18)20-7-11-29-12-8-20/h2-8,11-12,15,18H,9-10,13-14,16,28H2,1H3,(H,30,33). The van der Waals surface area contributed by atoms with E-state index in [1.54, 1.807) is 43.6 Å². The lowest BCUT2D eigenvalue weighted by Crippen LogP contribution is -2.35. The average Bonchev–Trinajstić information content (AvgIpc) is 2.86. The summed E-state index contributed by atoms with van der Waals surface area (Å²) in [6.45, 7) is 3.64. The molecule has 0 unspecified atom stereocenters. The third kappa shape index (κ3) is 5.33. The van der Waals surface area contributed by atoms with Gasteiger partial charge in [-0.25, -0.2) is 9.18 Å². The van der Waals surface area contributed by atoms with E-state index in [1.165, 1.54) is 12.1 Å². The van der Waals surface area contributed by atoms with Gasteiger partial charge in [0.2, 0.25) is 0 Å². The first-order valence-electron chi connectivity index (χ1n) is 11.2. The van der Waals surface area contributed by atoms with E-state index < -0.39 is 17.7 Å². The second-order valence-electron chi connectivity index (χ2n) is 8.42. The Morgan fingerprint density at radius 2 is 1.88 bits per heavy atom. The largest absolute Gasteiger partial charge is 0.449 e. The summed E-state index contributed by atoms with van der Waals surface area (Å²) in [7, 11) is 0. The number of halogens is 1. The molecule has 2 heterocycles. The van der Waals surface area contributed by atoms with Crippen molar-refractivity contribution in [2.24, 2.45) is 5.92 Å². The summed E-state index contributed by atoms with van der Waals surface area (Å²) in [5, 5.41) is 2.61. The molecule has 1 aromatic heterocycles. The van der Waals surface area contributed by atoms with E-state index in [2.05, 4.69) is 15.2 Å². The Morgan fingerprint density at radius 3 is 2.59 bits per heavy atom. The zero-order valence-corrected chi connectivity index (χ0v) is 19.0. The van der Waals surface area contributed by atoms with Gasteiger partial charge in [0, 0.05) is 42.3 Å². The highest BCUT2D eigenvalue weighted by atomic mass is 19.1. The molecule has 8 heteroatoms. The number of nitrogens with one attached hydrogen (secondary N) is 1. The number of pyridine rings is 1. The maximum absolute atomic E-state index is 14.0. The van der Waals surface area contributed by atoms with Crippen LogP contribution >= 0.6 is 0 Å². The number of nitrogens with two attached hydrogens (primary N) is 1. The number of piperidine rings is 1. The lowest BCUT2D eigenvalue weighted by Gasteiger charge is -2.33. The second-order valence-corrected chi connectivity index (χ2v) is 8.42. The zero-order chi connectivity index (χ0) is 24.1. The number of hydrogen-bond acceptors (Lipinski definition) is 6. The van der Waals surface area contributed by atoms with E-state index in [0.717, 1.165) is 31.6 Å². The lowest BCUT2D eigenvalue weighted by molar-refractivity contribution is 0.103. The minimum Gasteiger partial charge on any atom is -0.449 e. The highest BCUT2D eigenvalue weighted by molar-refractivity contribution is 6.15. The fraction of sp³-hybridized carbons (Fsp3) is 0.269. The fourth-order valence-electron chi connectivity index (χ4n) is 4.03. The Labute approximate surface area is 197 Å². The summed E-state index contributed by atoms with van der Waals surface area (Å²) in [4.78, 5) is 31.9. The molecule has 176 valence electrons. The molecule has 1 fully saturated rings. The molecule has 0 saturated carbocycles. The van der Waals surface area contributed by atoms with E-state index in [1.807, 2.05) is 12.1 Å². The molecular formula is C26H27FN4O3. The minimum absolute atomic E-state index is 0.158. The topological polar surface area (TPSA) is 97.5 Å². The van der Waals surface area contributed by atoms with Crippen molar-refractivity contribution in [1.82, 2.24) is 4.98 Å². The number of para-hydroxylation sites is 1. The van der Waals surface area contributed by atoms with Crippen molar-refractivity contribution in [1.29, 1.82) is 0 Å². The van der Waals surface area contributed by atoms with Crippen LogP contribution in [0.1, 0.15) is 34.3 Å². The Kier molecular flexibility index (Phi) is 7.06. The van der Waals surface area contributed by atoms with E-state index in [4.69, 9.17) is 10.5 Å². The minimum atomic E-state index is -0.682. The van der Waals surface area contributed by atoms with Crippen molar-refractivity contribution < 1.29 is 18.7 Å². The molecule has 1 saturated heterocycles. The molecule has 0 atom stereocenters. The molecule has 0 aliphatic carbocycles. The van der Waals surface area contributed by atoms with Crippen molar-refractivity contribution in [3.8, 4) is 0 Å². The van der Waals surface area contributed by atoms with E-state index in [-0.39, 0.29) is 35.0 Å². The predicted molar refractivity (Wildman–Crippen MR) is 130 cm³/mol. The molecule has 1 aliphatic heterocycles. The maximum atomic E-state index is 14.0. The van der Waals surface area contributed by atoms with Crippen LogP contribution < -0.4 is 16.0 Å². The van der Waals surface area contributed by atoms with Crippen LogP contribution in [-0.2, 0) is 4.74 Å². The highest BCUT2D eigenvalue weighted by Crippen LogP contribution is 2.27. The van der Waals surface area contributed by atoms with Crippen molar-refractivity contribution in [2.45, 2.75) is 19.8 Å². The molecule has 1 amide bonds. The van der Waals surface area contributed by atoms with Crippen LogP contribution in [0.15, 0.2) is 60.9 Å². The van der Waals surface area contributed by atoms with Gasteiger partial charge in [-0.3, -0.25) is 15.1 Å². The normalized spacial score (nSPS) is 14.0. The number of nitrogen functional groups attached to an aromatic ring is 1. The number of nitrogens with zero attached hydrogens (tertiary/aromatic N) is 2. The van der Waals surface area contributed by atoms with Crippen molar-refractivity contribution in [3.63, 3.8) is 0 Å². The van der Waals surface area contributed by atoms with Gasteiger partial charge < -0.3 is 15.4 Å². The van der Waals surface area contributed by atoms with Crippen LogP contribution in [0.4, 0.5) is 26.2 Å². The number of carbonyl (C=O) groups is 2. The molecular weight excluding hydrogens is 435 g/mol. The number of amides is 1. The Morgan fingerprint density at radius 1 is 1.15 bits per heavy atom. The highest BCUT2D eigenvalue weighted by Gasteiger charge is 2.22. The zero-order valence-electron chi connectivity index (χ0n) is 19.0. The van der Waals surface area contributed by atoms with Crippen LogP contribution in [0.3, 0.4) is 0 Å². The summed E-state index contributed by atoms with van der Waals surface area (Å²) in [5.41, 5.74) is 8.35. The van der Waals surface area contributed by atoms with Crippen molar-refractivity contribution in [2.75, 3.05) is 35.6 Å². The monoisotopic (exact) mass is 462 g/mol. The number of rotatable bonds is 6. The molecule has 0 spiro atoms. The molecule has 7 nitrogen and oxygen atoms in total. The van der Waals surface area contributed by atoms with Gasteiger partial charge >= 0.3 is 6.09 Å². The van der Waals surface area contributed by atoms with Crippen LogP contribution in [-0.4, -0.2) is 36.6 Å². The molecule has 4 rings (SSSR count). The summed E-state index contributed by atoms with van der Waals surface area (Å²) in [6.07, 6.45) is 4.66. The quantitative estimate of drug-likeness (QED) is 0.403. The van der Waals surface area contributed by atoms with Crippen LogP contribution in [0.5, 0.6) is 0 Å². The van der Waals surface area contributed by atoms with Crippen molar-refractivity contribution in [3.05, 3.63) is 83.4 Å². The first-order valence-corrected chi connectivity index (χ1v) is 11.2. The molecule has 0 radical (unpaired) electrons. The number of anilines is 3. The fourth-order valence-corrected chi connectivity index (χ4v) is 4.03. The molecule has 2 aromatic carbocycles. The van der Waals surface area contributed by atoms with Gasteiger partial charge in [-0.2, -0.15) is 0 Å². The van der Waals surface area contributed by atoms with Gasteiger partial charge in [0.15, 0.2) is 5.78 Å². The number of aromatic nitrogens is 1. The summed E-state index contributed by atoms with van der Waals surface area (Å²) < 4.78 is 19.4. The molecule has 1 aliphatic rings. The van der Waals surface area contributed by atoms with Gasteiger partial charge in [-0.05, 0) is 61.6 Å². The summed E-state index contributed by atoms with van der Waals surface area (Å²) in [6, 6.07) is 13.0. The Hall–Kier alpha value is -3.94. The van der Waals surface area contributed by atoms with Crippen molar-refractivity contribution >= 4 is 28.9 Å². The van der Waals surface area contributed by atoms with Gasteiger partial charge in [0.05, 0.1) is 18.0 Å². The third-order valence-corrected chi connectivity index (χ3v) is 6.09. The number of ether oxygens (including phenoxy) is 1. The molecule has 3 N–H and O–H groups in total. The van der Waals surface area contributed by atoms with Crippen LogP contribution in [0.2, 0.25) is 0 Å².